The molecular weight excluding hydrogens is 432 g/mol. The molecule has 0 bridgehead atoms. The van der Waals surface area contributed by atoms with Crippen LogP contribution in [0.15, 0.2) is 65.0 Å². The van der Waals surface area contributed by atoms with Gasteiger partial charge in [0.15, 0.2) is 0 Å². The molecular formula is C23H20N2O4S2. The Balaban J connectivity index is 1.62. The lowest BCUT2D eigenvalue weighted by Crippen LogP contribution is -2.13. The SMILES string of the molecule is COOSc1ccc(Oc2cc(C(=O)Nc3ccc(C)cn3)cc3scc(C)c23)cc1. The Morgan fingerprint density at radius 2 is 1.90 bits per heavy atom. The Kier molecular flexibility index (Phi) is 6.53. The molecule has 2 heterocycles. The van der Waals surface area contributed by atoms with Crippen molar-refractivity contribution in [2.75, 3.05) is 12.4 Å². The molecule has 0 saturated heterocycles. The lowest BCUT2D eigenvalue weighted by Gasteiger charge is -2.11. The normalized spacial score (nSPS) is 10.9. The summed E-state index contributed by atoms with van der Waals surface area (Å²) in [6.07, 6.45) is 1.72. The molecule has 0 atom stereocenters. The number of nitrogens with zero attached hydrogens (tertiary/aromatic N) is 1. The summed E-state index contributed by atoms with van der Waals surface area (Å²) in [7, 11) is 1.46. The van der Waals surface area contributed by atoms with Crippen molar-refractivity contribution in [2.45, 2.75) is 18.7 Å². The van der Waals surface area contributed by atoms with Gasteiger partial charge in [-0.05, 0) is 72.8 Å². The third kappa shape index (κ3) is 5.05. The molecule has 2 aromatic carbocycles. The van der Waals surface area contributed by atoms with Gasteiger partial charge in [-0.15, -0.1) is 11.3 Å². The van der Waals surface area contributed by atoms with Crippen molar-refractivity contribution in [3.63, 3.8) is 0 Å². The minimum atomic E-state index is -0.238. The van der Waals surface area contributed by atoms with Crippen molar-refractivity contribution in [3.05, 3.63) is 76.8 Å². The molecule has 0 aliphatic heterocycles. The molecule has 0 fully saturated rings. The highest BCUT2D eigenvalue weighted by atomic mass is 32.2. The first kappa shape index (κ1) is 21.3. The third-order valence-corrected chi connectivity index (χ3v) is 6.20. The van der Waals surface area contributed by atoms with Gasteiger partial charge in [0.2, 0.25) is 0 Å². The molecule has 0 aliphatic rings. The van der Waals surface area contributed by atoms with Crippen LogP contribution in [-0.2, 0) is 9.22 Å². The van der Waals surface area contributed by atoms with Crippen molar-refractivity contribution in [2.24, 2.45) is 0 Å². The van der Waals surface area contributed by atoms with Crippen molar-refractivity contribution in [1.82, 2.24) is 4.98 Å². The number of rotatable bonds is 7. The highest BCUT2D eigenvalue weighted by molar-refractivity contribution is 7.94. The second-order valence-corrected chi connectivity index (χ2v) is 8.52. The fourth-order valence-electron chi connectivity index (χ4n) is 2.99. The number of pyridine rings is 1. The van der Waals surface area contributed by atoms with Gasteiger partial charge in [0.05, 0.1) is 19.2 Å². The number of carbonyl (C=O) groups excluding carboxylic acids is 1. The fraction of sp³-hybridized carbons (Fsp3) is 0.130. The number of aromatic nitrogens is 1. The Labute approximate surface area is 188 Å². The molecule has 0 aliphatic carbocycles. The molecule has 0 radical (unpaired) electrons. The van der Waals surface area contributed by atoms with Gasteiger partial charge in [0.25, 0.3) is 5.91 Å². The molecule has 4 aromatic rings. The Hall–Kier alpha value is -2.91. The van der Waals surface area contributed by atoms with E-state index in [2.05, 4.69) is 20.6 Å². The van der Waals surface area contributed by atoms with E-state index in [9.17, 15) is 4.79 Å². The number of thiophene rings is 1. The van der Waals surface area contributed by atoms with Crippen LogP contribution in [0, 0.1) is 13.8 Å². The first-order valence-electron chi connectivity index (χ1n) is 9.44. The zero-order valence-electron chi connectivity index (χ0n) is 17.2. The highest BCUT2D eigenvalue weighted by Crippen LogP contribution is 2.38. The van der Waals surface area contributed by atoms with Crippen molar-refractivity contribution >= 4 is 45.2 Å². The van der Waals surface area contributed by atoms with Crippen LogP contribution >= 0.6 is 23.4 Å². The van der Waals surface area contributed by atoms with Crippen LogP contribution in [0.3, 0.4) is 0 Å². The Bertz CT molecular complexity index is 1200. The zero-order valence-corrected chi connectivity index (χ0v) is 18.8. The van der Waals surface area contributed by atoms with Gasteiger partial charge < -0.3 is 10.1 Å². The largest absolute Gasteiger partial charge is 0.457 e. The number of fused-ring (bicyclic) bond motifs is 1. The van der Waals surface area contributed by atoms with Crippen LogP contribution in [0.25, 0.3) is 10.1 Å². The zero-order chi connectivity index (χ0) is 21.8. The number of nitrogens with one attached hydrogen (secondary N) is 1. The maximum Gasteiger partial charge on any atom is 0.257 e. The maximum atomic E-state index is 12.9. The van der Waals surface area contributed by atoms with Crippen molar-refractivity contribution < 1.29 is 18.8 Å². The summed E-state index contributed by atoms with van der Waals surface area (Å²) in [5, 5.41) is 5.90. The van der Waals surface area contributed by atoms with E-state index in [-0.39, 0.29) is 5.91 Å². The number of hydrogen-bond donors (Lipinski definition) is 1. The van der Waals surface area contributed by atoms with Crippen molar-refractivity contribution in [1.29, 1.82) is 0 Å². The van der Waals surface area contributed by atoms with Gasteiger partial charge in [-0.3, -0.25) is 4.79 Å². The van der Waals surface area contributed by atoms with Crippen molar-refractivity contribution in [3.8, 4) is 11.5 Å². The van der Waals surface area contributed by atoms with Crippen LogP contribution in [0.4, 0.5) is 5.82 Å². The van der Waals surface area contributed by atoms with E-state index in [4.69, 9.17) is 9.07 Å². The summed E-state index contributed by atoms with van der Waals surface area (Å²) in [6.45, 7) is 3.98. The molecule has 31 heavy (non-hydrogen) atoms. The van der Waals surface area contributed by atoms with Crippen LogP contribution in [0.1, 0.15) is 21.5 Å². The first-order valence-corrected chi connectivity index (χ1v) is 11.1. The van der Waals surface area contributed by atoms with Gasteiger partial charge in [0.1, 0.15) is 17.3 Å². The smallest absolute Gasteiger partial charge is 0.257 e. The van der Waals surface area contributed by atoms with Gasteiger partial charge >= 0.3 is 0 Å². The first-order chi connectivity index (χ1) is 15.0. The number of benzene rings is 2. The van der Waals surface area contributed by atoms with Crippen LogP contribution in [0.2, 0.25) is 0 Å². The summed E-state index contributed by atoms with van der Waals surface area (Å²) in [6, 6.07) is 14.8. The number of anilines is 1. The number of carbonyl (C=O) groups is 1. The molecule has 1 N–H and O–H groups in total. The third-order valence-electron chi connectivity index (χ3n) is 4.49. The summed E-state index contributed by atoms with van der Waals surface area (Å²) >= 11 is 2.70. The average molecular weight is 453 g/mol. The quantitative estimate of drug-likeness (QED) is 0.195. The maximum absolute atomic E-state index is 12.9. The van der Waals surface area contributed by atoms with Crippen LogP contribution in [0.5, 0.6) is 11.5 Å². The summed E-state index contributed by atoms with van der Waals surface area (Å²) < 4.78 is 12.0. The van der Waals surface area contributed by atoms with E-state index >= 15 is 0 Å². The molecule has 0 unspecified atom stereocenters. The topological polar surface area (TPSA) is 69.7 Å². The van der Waals surface area contributed by atoms with Gasteiger partial charge in [0, 0.05) is 26.7 Å². The second kappa shape index (κ2) is 9.49. The van der Waals surface area contributed by atoms with Gasteiger partial charge in [-0.1, -0.05) is 6.07 Å². The van der Waals surface area contributed by atoms with E-state index in [1.165, 1.54) is 7.11 Å². The molecule has 8 heteroatoms. The summed E-state index contributed by atoms with van der Waals surface area (Å²) in [5.41, 5.74) is 2.64. The second-order valence-electron chi connectivity index (χ2n) is 6.83. The molecule has 4 rings (SSSR count). The lowest BCUT2D eigenvalue weighted by molar-refractivity contribution is -0.160. The monoisotopic (exact) mass is 452 g/mol. The van der Waals surface area contributed by atoms with Crippen LogP contribution < -0.4 is 10.1 Å². The van der Waals surface area contributed by atoms with E-state index < -0.39 is 0 Å². The number of amides is 1. The summed E-state index contributed by atoms with van der Waals surface area (Å²) in [5.74, 6) is 1.56. The predicted molar refractivity (Wildman–Crippen MR) is 124 cm³/mol. The molecule has 0 spiro atoms. The standard InChI is InChI=1S/C23H20N2O4S2/c1-14-4-9-21(24-12-14)25-23(26)16-10-19(22-15(2)13-30-20(22)11-16)28-17-5-7-18(8-6-17)31-29-27-3/h4-13H,1-3H3,(H,24,25,26). The van der Waals surface area contributed by atoms with E-state index in [0.29, 0.717) is 22.9 Å². The number of aryl methyl sites for hydroxylation is 2. The fourth-order valence-corrected chi connectivity index (χ4v) is 4.38. The lowest BCUT2D eigenvalue weighted by atomic mass is 10.1. The Morgan fingerprint density at radius 3 is 2.61 bits per heavy atom. The predicted octanol–water partition coefficient (Wildman–Crippen LogP) is 6.54. The molecule has 158 valence electrons. The van der Waals surface area contributed by atoms with Crippen LogP contribution in [-0.4, -0.2) is 18.0 Å². The minimum absolute atomic E-state index is 0.238. The Morgan fingerprint density at radius 1 is 1.10 bits per heavy atom. The molecule has 1 amide bonds. The summed E-state index contributed by atoms with van der Waals surface area (Å²) in [4.78, 5) is 22.6. The average Bonchev–Trinajstić information content (AvgIpc) is 3.16. The van der Waals surface area contributed by atoms with E-state index in [0.717, 1.165) is 38.2 Å². The number of hydrogen-bond acceptors (Lipinski definition) is 7. The van der Waals surface area contributed by atoms with Gasteiger partial charge in [-0.2, -0.15) is 4.33 Å². The minimum Gasteiger partial charge on any atom is -0.457 e. The molecule has 6 nitrogen and oxygen atoms in total. The van der Waals surface area contributed by atoms with E-state index in [1.54, 1.807) is 29.7 Å². The molecule has 2 aromatic heterocycles. The molecule has 0 saturated carbocycles. The van der Waals surface area contributed by atoms with E-state index in [1.807, 2.05) is 50.2 Å². The highest BCUT2D eigenvalue weighted by Gasteiger charge is 2.15. The van der Waals surface area contributed by atoms with Gasteiger partial charge in [-0.25, -0.2) is 9.87 Å². The number of ether oxygens (including phenoxy) is 1.